The number of hydrogen-bond acceptors (Lipinski definition) is 1. The van der Waals surface area contributed by atoms with E-state index in [0.29, 0.717) is 6.42 Å². The second kappa shape index (κ2) is 2.76. The predicted molar refractivity (Wildman–Crippen MR) is 24.0 cm³/mol. The Balaban J connectivity index is 3.22. The highest BCUT2D eigenvalue weighted by atomic mass is 16.3. The highest BCUT2D eigenvalue weighted by molar-refractivity contribution is 4.82. The van der Waals surface area contributed by atoms with Gasteiger partial charge in [0.05, 0.1) is 0 Å². The molecule has 0 fully saturated rings. The molecule has 0 amide bonds. The lowest BCUT2D eigenvalue weighted by Crippen LogP contribution is -1.99. The molecule has 0 heterocycles. The summed E-state index contributed by atoms with van der Waals surface area (Å²) in [4.78, 5) is 0. The summed E-state index contributed by atoms with van der Waals surface area (Å²) in [6, 6.07) is 0. The van der Waals surface area contributed by atoms with Crippen molar-refractivity contribution >= 4 is 0 Å². The summed E-state index contributed by atoms with van der Waals surface area (Å²) >= 11 is 0. The van der Waals surface area contributed by atoms with Crippen molar-refractivity contribution in [2.75, 3.05) is 0 Å². The SMILES string of the molecule is C/C=C(\[O-])CC. The zero-order valence-corrected chi connectivity index (χ0v) is 4.19. The molecule has 0 aromatic carbocycles. The molecular weight excluding hydrogens is 76.1 g/mol. The van der Waals surface area contributed by atoms with Crippen molar-refractivity contribution in [1.82, 2.24) is 0 Å². The van der Waals surface area contributed by atoms with Crippen molar-refractivity contribution in [2.24, 2.45) is 0 Å². The van der Waals surface area contributed by atoms with E-state index in [1.165, 1.54) is 0 Å². The van der Waals surface area contributed by atoms with Gasteiger partial charge in [0.1, 0.15) is 0 Å². The number of hydrogen-bond donors (Lipinski definition) is 0. The van der Waals surface area contributed by atoms with Gasteiger partial charge in [-0.3, -0.25) is 0 Å². The van der Waals surface area contributed by atoms with Crippen LogP contribution in [0.5, 0.6) is 0 Å². The molecule has 0 atom stereocenters. The first-order chi connectivity index (χ1) is 2.81. The van der Waals surface area contributed by atoms with Gasteiger partial charge >= 0.3 is 0 Å². The maximum absolute atomic E-state index is 10.1. The van der Waals surface area contributed by atoms with E-state index in [0.717, 1.165) is 0 Å². The Morgan fingerprint density at radius 1 is 1.83 bits per heavy atom. The fourth-order valence-electron chi connectivity index (χ4n) is 0.204. The van der Waals surface area contributed by atoms with Gasteiger partial charge in [0, 0.05) is 0 Å². The topological polar surface area (TPSA) is 23.1 Å². The maximum Gasteiger partial charge on any atom is -0.0456 e. The predicted octanol–water partition coefficient (Wildman–Crippen LogP) is 0.660. The Bertz CT molecular complexity index is 55.0. The van der Waals surface area contributed by atoms with Crippen LogP contribution in [0.25, 0.3) is 0 Å². The molecule has 1 nitrogen and oxygen atoms in total. The van der Waals surface area contributed by atoms with Crippen molar-refractivity contribution in [3.63, 3.8) is 0 Å². The second-order valence-corrected chi connectivity index (χ2v) is 1.11. The summed E-state index contributed by atoms with van der Waals surface area (Å²) in [6.07, 6.45) is 2.22. The average Bonchev–Trinajstić information content (AvgIpc) is 1.65. The molecule has 0 rings (SSSR count). The Hall–Kier alpha value is -0.460. The molecule has 36 valence electrons. The highest BCUT2D eigenvalue weighted by Crippen LogP contribution is 1.84. The zero-order chi connectivity index (χ0) is 4.99. The molecule has 0 saturated carbocycles. The van der Waals surface area contributed by atoms with Crippen molar-refractivity contribution < 1.29 is 5.11 Å². The minimum Gasteiger partial charge on any atom is -0.876 e. The third kappa shape index (κ3) is 1.82. The third-order valence-corrected chi connectivity index (χ3v) is 0.670. The molecule has 0 aliphatic rings. The molecule has 0 aromatic heterocycles. The van der Waals surface area contributed by atoms with Gasteiger partial charge in [-0.2, -0.15) is 0 Å². The lowest BCUT2D eigenvalue weighted by Gasteiger charge is -2.03. The first-order valence-corrected chi connectivity index (χ1v) is 2.13. The minimum atomic E-state index is 0.218. The first-order valence-electron chi connectivity index (χ1n) is 2.13. The number of allylic oxidation sites excluding steroid dienone is 2. The molecule has 6 heavy (non-hydrogen) atoms. The summed E-state index contributed by atoms with van der Waals surface area (Å²) in [5, 5.41) is 10.1. The van der Waals surface area contributed by atoms with Crippen LogP contribution in [0.3, 0.4) is 0 Å². The van der Waals surface area contributed by atoms with Gasteiger partial charge in [0.25, 0.3) is 0 Å². The lowest BCUT2D eigenvalue weighted by molar-refractivity contribution is -0.306. The van der Waals surface area contributed by atoms with Gasteiger partial charge in [0.2, 0.25) is 0 Å². The van der Waals surface area contributed by atoms with Crippen LogP contribution in [-0.4, -0.2) is 0 Å². The molecule has 0 aliphatic heterocycles. The molecule has 0 bridgehead atoms. The quantitative estimate of drug-likeness (QED) is 0.429. The standard InChI is InChI=1S/C5H10O/c1-3-5(6)4-2/h3,6H,4H2,1-2H3/p-1/b5-3-. The summed E-state index contributed by atoms with van der Waals surface area (Å²) in [5.74, 6) is 0.218. The molecule has 0 spiro atoms. The van der Waals surface area contributed by atoms with Crippen LogP contribution in [0.4, 0.5) is 0 Å². The molecule has 1 heteroatoms. The van der Waals surface area contributed by atoms with Crippen molar-refractivity contribution in [3.8, 4) is 0 Å². The lowest BCUT2D eigenvalue weighted by atomic mass is 10.4. The molecule has 0 aromatic rings. The fraction of sp³-hybridized carbons (Fsp3) is 0.600. The largest absolute Gasteiger partial charge is 0.876 e. The Morgan fingerprint density at radius 3 is 2.33 bits per heavy atom. The number of rotatable bonds is 1. The molecule has 0 radical (unpaired) electrons. The van der Waals surface area contributed by atoms with Gasteiger partial charge in [0.15, 0.2) is 0 Å². The van der Waals surface area contributed by atoms with Crippen LogP contribution in [0.1, 0.15) is 20.3 Å². The van der Waals surface area contributed by atoms with E-state index in [1.807, 2.05) is 6.92 Å². The van der Waals surface area contributed by atoms with Crippen LogP contribution in [0.15, 0.2) is 11.8 Å². The van der Waals surface area contributed by atoms with Gasteiger partial charge in [-0.15, -0.1) is 5.76 Å². The second-order valence-electron chi connectivity index (χ2n) is 1.11. The van der Waals surface area contributed by atoms with E-state index < -0.39 is 0 Å². The van der Waals surface area contributed by atoms with Crippen molar-refractivity contribution in [2.45, 2.75) is 20.3 Å². The summed E-state index contributed by atoms with van der Waals surface area (Å²) in [6.45, 7) is 3.61. The summed E-state index contributed by atoms with van der Waals surface area (Å²) in [7, 11) is 0. The summed E-state index contributed by atoms with van der Waals surface area (Å²) in [5.41, 5.74) is 0. The molecule has 0 aliphatic carbocycles. The molecule has 0 N–H and O–H groups in total. The van der Waals surface area contributed by atoms with Crippen LogP contribution in [0, 0.1) is 0 Å². The van der Waals surface area contributed by atoms with Gasteiger partial charge in [-0.25, -0.2) is 0 Å². The van der Waals surface area contributed by atoms with Crippen LogP contribution in [0.2, 0.25) is 0 Å². The smallest absolute Gasteiger partial charge is 0.0456 e. The first kappa shape index (κ1) is 5.54. The molecule has 0 unspecified atom stereocenters. The Labute approximate surface area is 38.3 Å². The van der Waals surface area contributed by atoms with Gasteiger partial charge in [-0.05, 0) is 13.3 Å². The average molecular weight is 85.1 g/mol. The van der Waals surface area contributed by atoms with Crippen molar-refractivity contribution in [1.29, 1.82) is 0 Å². The molecular formula is C5H9O-. The molecule has 0 saturated heterocycles. The zero-order valence-electron chi connectivity index (χ0n) is 4.19. The van der Waals surface area contributed by atoms with E-state index in [4.69, 9.17) is 0 Å². The fourth-order valence-corrected chi connectivity index (χ4v) is 0.204. The van der Waals surface area contributed by atoms with Crippen LogP contribution >= 0.6 is 0 Å². The van der Waals surface area contributed by atoms with Crippen molar-refractivity contribution in [3.05, 3.63) is 11.8 Å². The highest BCUT2D eigenvalue weighted by Gasteiger charge is 1.63. The van der Waals surface area contributed by atoms with Gasteiger partial charge in [-0.1, -0.05) is 13.0 Å². The van der Waals surface area contributed by atoms with E-state index in [2.05, 4.69) is 0 Å². The monoisotopic (exact) mass is 85.1 g/mol. The minimum absolute atomic E-state index is 0.218. The Kier molecular flexibility index (Phi) is 2.55. The normalized spacial score (nSPS) is 12.0. The van der Waals surface area contributed by atoms with Crippen LogP contribution in [-0.2, 0) is 0 Å². The van der Waals surface area contributed by atoms with E-state index in [9.17, 15) is 5.11 Å². The summed E-state index contributed by atoms with van der Waals surface area (Å²) < 4.78 is 0. The maximum atomic E-state index is 10.1. The third-order valence-electron chi connectivity index (χ3n) is 0.670. The van der Waals surface area contributed by atoms with E-state index in [-0.39, 0.29) is 5.76 Å². The van der Waals surface area contributed by atoms with Crippen LogP contribution < -0.4 is 5.11 Å². The van der Waals surface area contributed by atoms with E-state index >= 15 is 0 Å². The van der Waals surface area contributed by atoms with E-state index in [1.54, 1.807) is 13.0 Å². The Morgan fingerprint density at radius 2 is 2.33 bits per heavy atom. The van der Waals surface area contributed by atoms with Gasteiger partial charge < -0.3 is 5.11 Å².